The van der Waals surface area contributed by atoms with Crippen molar-refractivity contribution < 1.29 is 29.2 Å². The molecular weight excluding hydrogens is 358 g/mol. The maximum Gasteiger partial charge on any atom is 0.336 e. The molecule has 0 amide bonds. The fourth-order valence-corrected chi connectivity index (χ4v) is 2.94. The van der Waals surface area contributed by atoms with Crippen molar-refractivity contribution in [1.82, 2.24) is 5.32 Å². The molecule has 0 saturated carbocycles. The predicted octanol–water partition coefficient (Wildman–Crippen LogP) is 1.62. The first-order chi connectivity index (χ1) is 12.9. The van der Waals surface area contributed by atoms with Crippen molar-refractivity contribution in [3.63, 3.8) is 0 Å². The van der Waals surface area contributed by atoms with Crippen molar-refractivity contribution in [3.8, 4) is 0 Å². The van der Waals surface area contributed by atoms with Crippen LogP contribution in [-0.4, -0.2) is 42.5 Å². The molecule has 10 nitrogen and oxygen atoms in total. The normalized spacial score (nSPS) is 16.9. The van der Waals surface area contributed by atoms with Crippen LogP contribution < -0.4 is 5.32 Å². The van der Waals surface area contributed by atoms with Gasteiger partial charge in [0.25, 0.3) is 5.69 Å². The first kappa shape index (κ1) is 19.6. The number of nitrogens with zero attached hydrogens (tertiary/aromatic N) is 2. The summed E-state index contributed by atoms with van der Waals surface area (Å²) < 4.78 is 9.60. The lowest BCUT2D eigenvalue weighted by Crippen LogP contribution is -2.33. The van der Waals surface area contributed by atoms with E-state index in [-0.39, 0.29) is 33.8 Å². The molecule has 10 heteroatoms. The number of methoxy groups -OCH3 is 2. The van der Waals surface area contributed by atoms with E-state index in [1.54, 1.807) is 6.07 Å². The number of hydrogen-bond donors (Lipinski definition) is 2. The van der Waals surface area contributed by atoms with Crippen LogP contribution in [0, 0.1) is 10.1 Å². The molecule has 1 aliphatic rings. The highest BCUT2D eigenvalue weighted by Crippen LogP contribution is 2.42. The number of dihydropyridines is 1. The number of rotatable bonds is 5. The third-order valence-corrected chi connectivity index (χ3v) is 4.04. The third-order valence-electron chi connectivity index (χ3n) is 4.04. The summed E-state index contributed by atoms with van der Waals surface area (Å²) in [7, 11) is 2.29. The highest BCUT2D eigenvalue weighted by molar-refractivity contribution is 6.04. The topological polar surface area (TPSA) is 140 Å². The van der Waals surface area contributed by atoms with Crippen LogP contribution in [0.2, 0.25) is 0 Å². The van der Waals surface area contributed by atoms with E-state index in [0.29, 0.717) is 0 Å². The van der Waals surface area contributed by atoms with Gasteiger partial charge in [-0.1, -0.05) is 23.4 Å². The van der Waals surface area contributed by atoms with Gasteiger partial charge in [0.15, 0.2) is 0 Å². The summed E-state index contributed by atoms with van der Waals surface area (Å²) in [4.78, 5) is 35.8. The Labute approximate surface area is 153 Å². The molecule has 1 heterocycles. The second kappa shape index (κ2) is 8.13. The van der Waals surface area contributed by atoms with Crippen molar-refractivity contribution in [2.24, 2.45) is 5.16 Å². The molecule has 1 unspecified atom stereocenters. The molecule has 2 N–H and O–H groups in total. The Hall–Kier alpha value is -3.69. The summed E-state index contributed by atoms with van der Waals surface area (Å²) in [5.41, 5.74) is -0.00335. The molecule has 0 aliphatic carbocycles. The summed E-state index contributed by atoms with van der Waals surface area (Å²) in [6.07, 6.45) is 0.950. The minimum absolute atomic E-state index is 0.00212. The van der Waals surface area contributed by atoms with Gasteiger partial charge in [0.2, 0.25) is 0 Å². The van der Waals surface area contributed by atoms with Gasteiger partial charge in [0, 0.05) is 17.3 Å². The standard InChI is InChI=1S/C17H17N3O7/c1-9-13(16(21)26-2)14(10-6-4-5-7-12(10)20(24)25)15(17(22)27-3)11(19-9)8-18-23/h4-8,14,19,23H,1-3H3/b18-8-. The van der Waals surface area contributed by atoms with Gasteiger partial charge in [-0.25, -0.2) is 9.59 Å². The maximum absolute atomic E-state index is 12.5. The molecule has 0 spiro atoms. The zero-order chi connectivity index (χ0) is 20.1. The summed E-state index contributed by atoms with van der Waals surface area (Å²) in [5.74, 6) is -2.79. The number of benzene rings is 1. The van der Waals surface area contributed by atoms with Crippen LogP contribution in [0.5, 0.6) is 0 Å². The Balaban J connectivity index is 2.88. The van der Waals surface area contributed by atoms with Gasteiger partial charge in [-0.3, -0.25) is 10.1 Å². The van der Waals surface area contributed by atoms with E-state index >= 15 is 0 Å². The Morgan fingerprint density at radius 3 is 2.37 bits per heavy atom. The van der Waals surface area contributed by atoms with E-state index in [1.807, 2.05) is 0 Å². The SMILES string of the molecule is COC(=O)C1=C(C)NC(/C=N\O)=C(C(=O)OC)C1c1ccccc1[N+](=O)[O-]. The number of hydrogen-bond acceptors (Lipinski definition) is 9. The number of carbonyl (C=O) groups is 2. The number of esters is 2. The highest BCUT2D eigenvalue weighted by atomic mass is 16.6. The van der Waals surface area contributed by atoms with Crippen molar-refractivity contribution in [2.45, 2.75) is 12.8 Å². The van der Waals surface area contributed by atoms with Gasteiger partial charge in [-0.15, -0.1) is 0 Å². The van der Waals surface area contributed by atoms with Crippen molar-refractivity contribution in [3.05, 3.63) is 62.5 Å². The van der Waals surface area contributed by atoms with Crippen molar-refractivity contribution in [1.29, 1.82) is 0 Å². The van der Waals surface area contributed by atoms with Crippen LogP contribution >= 0.6 is 0 Å². The van der Waals surface area contributed by atoms with Crippen LogP contribution in [0.4, 0.5) is 5.69 Å². The third kappa shape index (κ3) is 3.64. The number of allylic oxidation sites excluding steroid dienone is 2. The average Bonchev–Trinajstić information content (AvgIpc) is 2.66. The second-order valence-corrected chi connectivity index (χ2v) is 5.47. The van der Waals surface area contributed by atoms with Gasteiger partial charge >= 0.3 is 11.9 Å². The first-order valence-electron chi connectivity index (χ1n) is 7.66. The van der Waals surface area contributed by atoms with Crippen molar-refractivity contribution >= 4 is 23.8 Å². The smallest absolute Gasteiger partial charge is 0.336 e. The van der Waals surface area contributed by atoms with Gasteiger partial charge in [-0.2, -0.15) is 0 Å². The largest absolute Gasteiger partial charge is 0.466 e. The summed E-state index contributed by atoms with van der Waals surface area (Å²) in [5, 5.41) is 26.1. The average molecular weight is 375 g/mol. The molecule has 1 aromatic carbocycles. The summed E-state index contributed by atoms with van der Waals surface area (Å²) in [6, 6.07) is 5.70. The van der Waals surface area contributed by atoms with Crippen LogP contribution in [0.1, 0.15) is 18.4 Å². The second-order valence-electron chi connectivity index (χ2n) is 5.47. The van der Waals surface area contributed by atoms with Crippen LogP contribution in [0.25, 0.3) is 0 Å². The lowest BCUT2D eigenvalue weighted by Gasteiger charge is -2.29. The molecule has 0 saturated heterocycles. The number of ether oxygens (including phenoxy) is 2. The Morgan fingerprint density at radius 2 is 1.81 bits per heavy atom. The monoisotopic (exact) mass is 375 g/mol. The Morgan fingerprint density at radius 1 is 1.22 bits per heavy atom. The minimum atomic E-state index is -1.17. The minimum Gasteiger partial charge on any atom is -0.466 e. The van der Waals surface area contributed by atoms with Gasteiger partial charge < -0.3 is 20.0 Å². The van der Waals surface area contributed by atoms with E-state index in [4.69, 9.17) is 14.7 Å². The number of carbonyl (C=O) groups excluding carboxylic acids is 2. The van der Waals surface area contributed by atoms with Crippen LogP contribution in [-0.2, 0) is 19.1 Å². The van der Waals surface area contributed by atoms with E-state index in [2.05, 4.69) is 10.5 Å². The zero-order valence-corrected chi connectivity index (χ0v) is 14.8. The molecule has 1 aromatic rings. The zero-order valence-electron chi connectivity index (χ0n) is 14.8. The molecule has 1 aliphatic heterocycles. The number of oxime groups is 1. The number of nitro groups is 1. The fourth-order valence-electron chi connectivity index (χ4n) is 2.94. The van der Waals surface area contributed by atoms with Crippen LogP contribution in [0.3, 0.4) is 0 Å². The quantitative estimate of drug-likeness (QED) is 0.260. The molecule has 27 heavy (non-hydrogen) atoms. The van der Waals surface area contributed by atoms with E-state index in [1.165, 1.54) is 25.1 Å². The first-order valence-corrected chi connectivity index (χ1v) is 7.66. The molecule has 2 rings (SSSR count). The van der Waals surface area contributed by atoms with E-state index in [9.17, 15) is 19.7 Å². The van der Waals surface area contributed by atoms with Crippen LogP contribution in [0.15, 0.2) is 52.0 Å². The molecule has 0 bridgehead atoms. The highest BCUT2D eigenvalue weighted by Gasteiger charge is 2.41. The predicted molar refractivity (Wildman–Crippen MR) is 93.0 cm³/mol. The lowest BCUT2D eigenvalue weighted by molar-refractivity contribution is -0.385. The number of nitro benzene ring substituents is 1. The Bertz CT molecular complexity index is 886. The van der Waals surface area contributed by atoms with E-state index in [0.717, 1.165) is 20.4 Å². The molecule has 0 fully saturated rings. The van der Waals surface area contributed by atoms with Crippen molar-refractivity contribution in [2.75, 3.05) is 14.2 Å². The Kier molecular flexibility index (Phi) is 5.91. The molecule has 142 valence electrons. The fraction of sp³-hybridized carbons (Fsp3) is 0.235. The molecule has 0 radical (unpaired) electrons. The maximum atomic E-state index is 12.5. The van der Waals surface area contributed by atoms with Gasteiger partial charge in [0.05, 0.1) is 48.1 Å². The summed E-state index contributed by atoms with van der Waals surface area (Å²) >= 11 is 0. The molecule has 0 aromatic heterocycles. The number of nitrogens with one attached hydrogen (secondary N) is 1. The van der Waals surface area contributed by atoms with Gasteiger partial charge in [-0.05, 0) is 6.92 Å². The van der Waals surface area contributed by atoms with E-state index < -0.39 is 22.8 Å². The number of para-hydroxylation sites is 1. The molecular formula is C17H17N3O7. The summed E-state index contributed by atoms with van der Waals surface area (Å²) in [6.45, 7) is 1.54. The molecule has 1 atom stereocenters. The lowest BCUT2D eigenvalue weighted by atomic mass is 9.79. The van der Waals surface area contributed by atoms with Gasteiger partial charge in [0.1, 0.15) is 0 Å².